The summed E-state index contributed by atoms with van der Waals surface area (Å²) in [7, 11) is 0. The van der Waals surface area contributed by atoms with Crippen LogP contribution in [0.3, 0.4) is 0 Å². The lowest BCUT2D eigenvalue weighted by Crippen LogP contribution is -2.40. The molecule has 0 aliphatic carbocycles. The van der Waals surface area contributed by atoms with E-state index in [1.54, 1.807) is 0 Å². The van der Waals surface area contributed by atoms with Crippen LogP contribution in [-0.4, -0.2) is 29.4 Å². The van der Waals surface area contributed by atoms with E-state index in [2.05, 4.69) is 10.3 Å². The minimum Gasteiger partial charge on any atom is -0.361 e. The molecule has 1 atom stereocenters. The molecule has 0 unspecified atom stereocenters. The van der Waals surface area contributed by atoms with E-state index >= 15 is 0 Å². The van der Waals surface area contributed by atoms with E-state index in [-0.39, 0.29) is 6.42 Å². The SMILES string of the molecule is O=C1C[C@@H](NCCc2c[nH]c3ccccc23)C(=O)N1c1ccccc1C(F)(F)F. The summed E-state index contributed by atoms with van der Waals surface area (Å²) in [6.07, 6.45) is -2.32. The molecular weight excluding hydrogens is 383 g/mol. The predicted octanol–water partition coefficient (Wildman–Crippen LogP) is 3.65. The number of nitrogens with zero attached hydrogens (tertiary/aromatic N) is 1. The summed E-state index contributed by atoms with van der Waals surface area (Å²) < 4.78 is 39.8. The van der Waals surface area contributed by atoms with Crippen molar-refractivity contribution < 1.29 is 22.8 Å². The van der Waals surface area contributed by atoms with Crippen molar-refractivity contribution in [2.75, 3.05) is 11.4 Å². The number of nitrogens with one attached hydrogen (secondary N) is 2. The van der Waals surface area contributed by atoms with Gasteiger partial charge < -0.3 is 10.3 Å². The third-order valence-electron chi connectivity index (χ3n) is 5.06. The van der Waals surface area contributed by atoms with Gasteiger partial charge in [0, 0.05) is 23.6 Å². The second-order valence-corrected chi connectivity index (χ2v) is 6.90. The quantitative estimate of drug-likeness (QED) is 0.642. The molecule has 0 spiro atoms. The van der Waals surface area contributed by atoms with Gasteiger partial charge in [0.15, 0.2) is 0 Å². The Bertz CT molecular complexity index is 1070. The van der Waals surface area contributed by atoms with Crippen LogP contribution in [0.1, 0.15) is 17.5 Å². The molecule has 1 aliphatic heterocycles. The first-order valence-electron chi connectivity index (χ1n) is 9.17. The highest BCUT2D eigenvalue weighted by Gasteiger charge is 2.43. The normalized spacial score (nSPS) is 17.5. The third kappa shape index (κ3) is 3.63. The van der Waals surface area contributed by atoms with Crippen molar-refractivity contribution in [1.82, 2.24) is 10.3 Å². The highest BCUT2D eigenvalue weighted by Crippen LogP contribution is 2.38. The Kier molecular flexibility index (Phi) is 4.87. The number of alkyl halides is 3. The molecule has 0 bridgehead atoms. The highest BCUT2D eigenvalue weighted by molar-refractivity contribution is 6.22. The van der Waals surface area contributed by atoms with Crippen molar-refractivity contribution in [3.8, 4) is 0 Å². The lowest BCUT2D eigenvalue weighted by atomic mass is 10.1. The summed E-state index contributed by atoms with van der Waals surface area (Å²) in [5.41, 5.74) is 0.644. The van der Waals surface area contributed by atoms with E-state index in [9.17, 15) is 22.8 Å². The number of anilines is 1. The van der Waals surface area contributed by atoms with Crippen LogP contribution in [0, 0.1) is 0 Å². The second-order valence-electron chi connectivity index (χ2n) is 6.90. The van der Waals surface area contributed by atoms with Gasteiger partial charge >= 0.3 is 6.18 Å². The summed E-state index contributed by atoms with van der Waals surface area (Å²) in [6, 6.07) is 11.6. The molecule has 1 aliphatic rings. The Balaban J connectivity index is 1.47. The van der Waals surface area contributed by atoms with Crippen molar-refractivity contribution in [2.45, 2.75) is 25.1 Å². The molecule has 1 fully saturated rings. The number of imide groups is 1. The smallest absolute Gasteiger partial charge is 0.361 e. The number of hydrogen-bond acceptors (Lipinski definition) is 3. The summed E-state index contributed by atoms with van der Waals surface area (Å²) in [6.45, 7) is 0.417. The minimum absolute atomic E-state index is 0.168. The van der Waals surface area contributed by atoms with Crippen LogP contribution >= 0.6 is 0 Å². The van der Waals surface area contributed by atoms with E-state index in [0.717, 1.165) is 28.6 Å². The van der Waals surface area contributed by atoms with Gasteiger partial charge in [-0.25, -0.2) is 4.90 Å². The van der Waals surface area contributed by atoms with Crippen molar-refractivity contribution in [3.63, 3.8) is 0 Å². The van der Waals surface area contributed by atoms with Gasteiger partial charge in [-0.2, -0.15) is 13.2 Å². The van der Waals surface area contributed by atoms with Gasteiger partial charge in [0.05, 0.1) is 23.7 Å². The van der Waals surface area contributed by atoms with Gasteiger partial charge in [-0.3, -0.25) is 9.59 Å². The molecule has 2 aromatic carbocycles. The number of H-pyrrole nitrogens is 1. The number of aromatic amines is 1. The fraction of sp³-hybridized carbons (Fsp3) is 0.238. The van der Waals surface area contributed by atoms with E-state index in [4.69, 9.17) is 0 Å². The lowest BCUT2D eigenvalue weighted by Gasteiger charge is -2.20. The lowest BCUT2D eigenvalue weighted by molar-refractivity contribution is -0.137. The zero-order valence-electron chi connectivity index (χ0n) is 15.3. The van der Waals surface area contributed by atoms with Gasteiger partial charge in [-0.1, -0.05) is 30.3 Å². The summed E-state index contributed by atoms with van der Waals surface area (Å²) in [5, 5.41) is 4.09. The first-order chi connectivity index (χ1) is 13.9. The molecule has 4 rings (SSSR count). The Morgan fingerprint density at radius 1 is 1.07 bits per heavy atom. The number of carbonyl (C=O) groups is 2. The predicted molar refractivity (Wildman–Crippen MR) is 102 cm³/mol. The Hall–Kier alpha value is -3.13. The molecule has 5 nitrogen and oxygen atoms in total. The maximum Gasteiger partial charge on any atom is 0.418 e. The van der Waals surface area contributed by atoms with Crippen molar-refractivity contribution in [3.05, 3.63) is 65.9 Å². The number of para-hydroxylation sites is 2. The molecule has 0 saturated carbocycles. The van der Waals surface area contributed by atoms with Gasteiger partial charge in [-0.05, 0) is 30.2 Å². The van der Waals surface area contributed by atoms with Crippen LogP contribution in [0.5, 0.6) is 0 Å². The number of halogens is 3. The largest absolute Gasteiger partial charge is 0.418 e. The molecule has 1 saturated heterocycles. The molecular formula is C21H18F3N3O2. The van der Waals surface area contributed by atoms with Crippen LogP contribution in [0.15, 0.2) is 54.7 Å². The Morgan fingerprint density at radius 3 is 2.59 bits per heavy atom. The van der Waals surface area contributed by atoms with E-state index < -0.39 is 35.3 Å². The van der Waals surface area contributed by atoms with Crippen molar-refractivity contribution in [1.29, 1.82) is 0 Å². The van der Waals surface area contributed by atoms with Crippen molar-refractivity contribution >= 4 is 28.4 Å². The van der Waals surface area contributed by atoms with E-state index in [1.807, 2.05) is 30.5 Å². The first-order valence-corrected chi connectivity index (χ1v) is 9.17. The topological polar surface area (TPSA) is 65.2 Å². The zero-order chi connectivity index (χ0) is 20.6. The number of benzene rings is 2. The van der Waals surface area contributed by atoms with Crippen LogP contribution in [0.2, 0.25) is 0 Å². The standard InChI is InChI=1S/C21H18F3N3O2/c22-21(23,24)15-6-2-4-8-18(15)27-19(28)11-17(20(27)29)25-10-9-13-12-26-16-7-3-1-5-14(13)16/h1-8,12,17,25-26H,9-11H2/t17-/m1/s1. The summed E-state index contributed by atoms with van der Waals surface area (Å²) in [4.78, 5) is 28.8. The minimum atomic E-state index is -4.65. The monoisotopic (exact) mass is 401 g/mol. The van der Waals surface area contributed by atoms with Crippen LogP contribution in [0.25, 0.3) is 10.9 Å². The van der Waals surface area contributed by atoms with Crippen LogP contribution in [-0.2, 0) is 22.2 Å². The zero-order valence-corrected chi connectivity index (χ0v) is 15.3. The maximum atomic E-state index is 13.3. The molecule has 2 amide bonds. The average Bonchev–Trinajstić information content (AvgIpc) is 3.22. The molecule has 150 valence electrons. The Morgan fingerprint density at radius 2 is 1.79 bits per heavy atom. The van der Waals surface area contributed by atoms with Crippen LogP contribution < -0.4 is 10.2 Å². The number of rotatable bonds is 5. The first kappa shape index (κ1) is 19.2. The van der Waals surface area contributed by atoms with Gasteiger partial charge in [0.2, 0.25) is 5.91 Å². The molecule has 1 aromatic heterocycles. The molecule has 8 heteroatoms. The number of fused-ring (bicyclic) bond motifs is 1. The molecule has 2 heterocycles. The summed E-state index contributed by atoms with van der Waals surface area (Å²) in [5.74, 6) is -1.30. The van der Waals surface area contributed by atoms with Gasteiger partial charge in [0.1, 0.15) is 0 Å². The maximum absolute atomic E-state index is 13.3. The fourth-order valence-corrected chi connectivity index (χ4v) is 3.67. The highest BCUT2D eigenvalue weighted by atomic mass is 19.4. The number of amides is 2. The van der Waals surface area contributed by atoms with E-state index in [1.165, 1.54) is 12.1 Å². The Labute approximate surface area is 164 Å². The van der Waals surface area contributed by atoms with Crippen LogP contribution in [0.4, 0.5) is 18.9 Å². The molecule has 0 radical (unpaired) electrons. The third-order valence-corrected chi connectivity index (χ3v) is 5.06. The van der Waals surface area contributed by atoms with Gasteiger partial charge in [-0.15, -0.1) is 0 Å². The fourth-order valence-electron chi connectivity index (χ4n) is 3.67. The molecule has 29 heavy (non-hydrogen) atoms. The second kappa shape index (κ2) is 7.36. The molecule has 3 aromatic rings. The van der Waals surface area contributed by atoms with Crippen molar-refractivity contribution in [2.24, 2.45) is 0 Å². The number of carbonyl (C=O) groups excluding carboxylic acids is 2. The van der Waals surface area contributed by atoms with E-state index in [0.29, 0.717) is 17.9 Å². The molecule has 2 N–H and O–H groups in total. The number of aromatic nitrogens is 1. The number of hydrogen-bond donors (Lipinski definition) is 2. The average molecular weight is 401 g/mol. The summed E-state index contributed by atoms with van der Waals surface area (Å²) >= 11 is 0. The van der Waals surface area contributed by atoms with Gasteiger partial charge in [0.25, 0.3) is 5.91 Å².